The highest BCUT2D eigenvalue weighted by atomic mass is 16.5. The van der Waals surface area contributed by atoms with Gasteiger partial charge < -0.3 is 4.74 Å². The van der Waals surface area contributed by atoms with Gasteiger partial charge in [0.2, 0.25) is 5.65 Å². The lowest BCUT2D eigenvalue weighted by Gasteiger charge is -2.08. The summed E-state index contributed by atoms with van der Waals surface area (Å²) < 4.78 is 7.43. The predicted octanol–water partition coefficient (Wildman–Crippen LogP) is 2.39. The minimum atomic E-state index is 0.453. The maximum absolute atomic E-state index is 5.90. The van der Waals surface area contributed by atoms with Crippen LogP contribution in [0, 0.1) is 6.92 Å². The number of hydrogen-bond donors (Lipinski definition) is 0. The Bertz CT molecular complexity index is 768. The van der Waals surface area contributed by atoms with Crippen LogP contribution >= 0.6 is 0 Å². The Kier molecular flexibility index (Phi) is 5.74. The van der Waals surface area contributed by atoms with Crippen molar-refractivity contribution in [2.75, 3.05) is 0 Å². The standard InChI is InChI=1S/C15H15BN4O.C2H6/c1-3-13-8-14(15-17-10(2)18-20(15)19-13)21-9-11-4-6-12(16)7-5-11;1-2/h4-8H,3,9H2,1-2H3;1-2H3. The molecule has 5 nitrogen and oxygen atoms in total. The van der Waals surface area contributed by atoms with E-state index in [9.17, 15) is 0 Å². The molecule has 6 heteroatoms. The van der Waals surface area contributed by atoms with Crippen molar-refractivity contribution >= 4 is 19.0 Å². The second kappa shape index (κ2) is 7.76. The number of fused-ring (bicyclic) bond motifs is 1. The lowest BCUT2D eigenvalue weighted by atomic mass is 9.95. The molecule has 0 atom stereocenters. The molecular weight excluding hydrogens is 287 g/mol. The van der Waals surface area contributed by atoms with Gasteiger partial charge >= 0.3 is 0 Å². The summed E-state index contributed by atoms with van der Waals surface area (Å²) >= 11 is 0. The Morgan fingerprint density at radius 3 is 2.48 bits per heavy atom. The predicted molar refractivity (Wildman–Crippen MR) is 92.4 cm³/mol. The van der Waals surface area contributed by atoms with E-state index in [-0.39, 0.29) is 0 Å². The van der Waals surface area contributed by atoms with Crippen molar-refractivity contribution in [3.05, 3.63) is 47.4 Å². The molecule has 1 aromatic carbocycles. The summed E-state index contributed by atoms with van der Waals surface area (Å²) in [7, 11) is 5.68. The Morgan fingerprint density at radius 1 is 1.13 bits per heavy atom. The normalized spacial score (nSPS) is 10.3. The number of nitrogens with zero attached hydrogens (tertiary/aromatic N) is 4. The fourth-order valence-electron chi connectivity index (χ4n) is 2.05. The van der Waals surface area contributed by atoms with E-state index in [0.29, 0.717) is 23.8 Å². The minimum Gasteiger partial charge on any atom is -0.485 e. The maximum atomic E-state index is 5.90. The first kappa shape index (κ1) is 17.0. The summed E-state index contributed by atoms with van der Waals surface area (Å²) in [6.07, 6.45) is 0.813. The monoisotopic (exact) mass is 308 g/mol. The molecule has 0 fully saturated rings. The Morgan fingerprint density at radius 2 is 1.83 bits per heavy atom. The van der Waals surface area contributed by atoms with Gasteiger partial charge in [-0.25, -0.2) is 4.98 Å². The van der Waals surface area contributed by atoms with Crippen molar-refractivity contribution in [1.82, 2.24) is 19.8 Å². The molecule has 2 radical (unpaired) electrons. The SMILES string of the molecule is CC.[B]c1ccc(COc2cc(CC)nn3nc(C)nc23)cc1. The molecule has 0 bridgehead atoms. The quantitative estimate of drug-likeness (QED) is 0.695. The first-order valence-corrected chi connectivity index (χ1v) is 7.86. The molecular formula is C17H21BN4O. The van der Waals surface area contributed by atoms with Crippen molar-refractivity contribution in [3.63, 3.8) is 0 Å². The molecule has 0 saturated carbocycles. The van der Waals surface area contributed by atoms with Crippen molar-refractivity contribution in [3.8, 4) is 5.75 Å². The lowest BCUT2D eigenvalue weighted by Crippen LogP contribution is -2.05. The third-order valence-electron chi connectivity index (χ3n) is 3.17. The van der Waals surface area contributed by atoms with Crippen LogP contribution in [0.25, 0.3) is 5.65 Å². The highest BCUT2D eigenvalue weighted by molar-refractivity contribution is 6.32. The molecule has 23 heavy (non-hydrogen) atoms. The molecule has 3 aromatic rings. The first-order chi connectivity index (χ1) is 11.2. The van der Waals surface area contributed by atoms with Crippen LogP contribution in [0.5, 0.6) is 5.75 Å². The summed E-state index contributed by atoms with van der Waals surface area (Å²) in [5.74, 6) is 1.37. The molecule has 0 amide bonds. The molecule has 3 rings (SSSR count). The van der Waals surface area contributed by atoms with Gasteiger partial charge in [-0.15, -0.1) is 9.73 Å². The van der Waals surface area contributed by atoms with E-state index in [1.165, 1.54) is 4.63 Å². The molecule has 0 spiro atoms. The highest BCUT2D eigenvalue weighted by Crippen LogP contribution is 2.20. The van der Waals surface area contributed by atoms with Gasteiger partial charge in [0.05, 0.1) is 5.69 Å². The van der Waals surface area contributed by atoms with Gasteiger partial charge in [0, 0.05) is 6.07 Å². The largest absolute Gasteiger partial charge is 0.485 e. The van der Waals surface area contributed by atoms with Gasteiger partial charge in [-0.2, -0.15) is 5.10 Å². The third-order valence-corrected chi connectivity index (χ3v) is 3.17. The zero-order chi connectivity index (χ0) is 16.8. The highest BCUT2D eigenvalue weighted by Gasteiger charge is 2.10. The van der Waals surface area contributed by atoms with Crippen molar-refractivity contribution in [1.29, 1.82) is 0 Å². The van der Waals surface area contributed by atoms with E-state index < -0.39 is 0 Å². The fourth-order valence-corrected chi connectivity index (χ4v) is 2.05. The summed E-state index contributed by atoms with van der Waals surface area (Å²) in [4.78, 5) is 4.36. The van der Waals surface area contributed by atoms with E-state index in [0.717, 1.165) is 23.1 Å². The van der Waals surface area contributed by atoms with Crippen LogP contribution in [-0.2, 0) is 13.0 Å². The average molecular weight is 308 g/mol. The number of ether oxygens (including phenoxy) is 1. The Hall–Kier alpha value is -2.37. The van der Waals surface area contributed by atoms with Crippen LogP contribution in [-0.4, -0.2) is 27.7 Å². The molecule has 2 aromatic heterocycles. The van der Waals surface area contributed by atoms with Crippen LogP contribution in [0.4, 0.5) is 0 Å². The summed E-state index contributed by atoms with van der Waals surface area (Å²) in [5, 5.41) is 8.64. The average Bonchev–Trinajstić information content (AvgIpc) is 2.96. The van der Waals surface area contributed by atoms with Crippen LogP contribution in [0.2, 0.25) is 0 Å². The van der Waals surface area contributed by atoms with Crippen LogP contribution < -0.4 is 10.2 Å². The van der Waals surface area contributed by atoms with E-state index in [1.807, 2.05) is 58.0 Å². The van der Waals surface area contributed by atoms with Crippen molar-refractivity contribution in [2.45, 2.75) is 40.7 Å². The third kappa shape index (κ3) is 4.09. The first-order valence-electron chi connectivity index (χ1n) is 7.86. The molecule has 118 valence electrons. The molecule has 0 aliphatic rings. The number of aromatic nitrogens is 4. The van der Waals surface area contributed by atoms with Gasteiger partial charge in [-0.1, -0.05) is 50.5 Å². The molecule has 0 unspecified atom stereocenters. The van der Waals surface area contributed by atoms with E-state index in [2.05, 4.69) is 15.2 Å². The minimum absolute atomic E-state index is 0.453. The maximum Gasteiger partial charge on any atom is 0.218 e. The summed E-state index contributed by atoms with van der Waals surface area (Å²) in [6.45, 7) is 8.33. The smallest absolute Gasteiger partial charge is 0.218 e. The van der Waals surface area contributed by atoms with Crippen molar-refractivity contribution < 1.29 is 4.74 Å². The molecule has 0 aliphatic carbocycles. The number of aryl methyl sites for hydroxylation is 2. The number of benzene rings is 1. The van der Waals surface area contributed by atoms with Gasteiger partial charge in [0.15, 0.2) is 11.6 Å². The van der Waals surface area contributed by atoms with Crippen molar-refractivity contribution in [2.24, 2.45) is 0 Å². The van der Waals surface area contributed by atoms with E-state index >= 15 is 0 Å². The molecule has 2 heterocycles. The second-order valence-corrected chi connectivity index (χ2v) is 4.86. The van der Waals surface area contributed by atoms with Crippen LogP contribution in [0.15, 0.2) is 30.3 Å². The zero-order valence-electron chi connectivity index (χ0n) is 14.1. The molecule has 0 saturated heterocycles. The summed E-state index contributed by atoms with van der Waals surface area (Å²) in [6, 6.07) is 9.53. The Labute approximate surface area is 138 Å². The van der Waals surface area contributed by atoms with Gasteiger partial charge in [-0.3, -0.25) is 0 Å². The topological polar surface area (TPSA) is 52.3 Å². The number of rotatable bonds is 4. The Balaban J connectivity index is 0.000000924. The van der Waals surface area contributed by atoms with E-state index in [1.54, 1.807) is 0 Å². The number of hydrogen-bond acceptors (Lipinski definition) is 4. The van der Waals surface area contributed by atoms with Gasteiger partial charge in [-0.05, 0) is 18.9 Å². The van der Waals surface area contributed by atoms with Crippen LogP contribution in [0.1, 0.15) is 37.9 Å². The summed E-state index contributed by atoms with van der Waals surface area (Å²) in [5.41, 5.74) is 3.35. The van der Waals surface area contributed by atoms with Gasteiger partial charge in [0.25, 0.3) is 0 Å². The second-order valence-electron chi connectivity index (χ2n) is 4.86. The molecule has 0 N–H and O–H groups in total. The lowest BCUT2D eigenvalue weighted by molar-refractivity contribution is 0.306. The fraction of sp³-hybridized carbons (Fsp3) is 0.353. The van der Waals surface area contributed by atoms with E-state index in [4.69, 9.17) is 12.6 Å². The van der Waals surface area contributed by atoms with Crippen LogP contribution in [0.3, 0.4) is 0 Å². The zero-order valence-corrected chi connectivity index (χ0v) is 14.1. The van der Waals surface area contributed by atoms with Gasteiger partial charge in [0.1, 0.15) is 14.5 Å². The molecule has 0 aliphatic heterocycles.